The van der Waals surface area contributed by atoms with E-state index in [4.69, 9.17) is 181 Å². The van der Waals surface area contributed by atoms with E-state index in [1.165, 1.54) is 0 Å². The molecule has 129 heavy (non-hydrogen) atoms. The summed E-state index contributed by atoms with van der Waals surface area (Å²) >= 11 is 0. The third-order valence-corrected chi connectivity index (χ3v) is 18.4. The molecule has 40 nitrogen and oxygen atoms in total. The van der Waals surface area contributed by atoms with Crippen molar-refractivity contribution in [2.45, 2.75) is 0 Å². The Kier molecular flexibility index (Phi) is 55.9. The third-order valence-electron chi connectivity index (χ3n) is 18.4. The number of benzene rings is 4. The van der Waals surface area contributed by atoms with Gasteiger partial charge in [0.2, 0.25) is 0 Å². The second kappa shape index (κ2) is 67.2. The summed E-state index contributed by atoms with van der Waals surface area (Å²) in [5.74, 6) is 2.95. The molecule has 9 rings (SSSR count). The maximum Gasteiger partial charge on any atom is 3.00 e. The Bertz CT molecular complexity index is 4100. The van der Waals surface area contributed by atoms with E-state index in [0.717, 1.165) is 0 Å². The molecule has 2 aliphatic rings. The van der Waals surface area contributed by atoms with E-state index in [2.05, 4.69) is 9.97 Å². The fourth-order valence-electron chi connectivity index (χ4n) is 12.3. The molecule has 0 saturated heterocycles. The molecule has 0 spiro atoms. The number of fused-ring (bicyclic) bond motifs is 20. The van der Waals surface area contributed by atoms with Gasteiger partial charge in [-0.2, -0.15) is 0 Å². The molecule has 0 aliphatic carbocycles. The first kappa shape index (κ1) is 107. The molecule has 4 aromatic carbocycles. The van der Waals surface area contributed by atoms with Crippen molar-refractivity contribution in [1.29, 1.82) is 0 Å². The summed E-state index contributed by atoms with van der Waals surface area (Å²) in [6.45, 7) is 13.7. The largest absolute Gasteiger partial charge is 3.00 e. The van der Waals surface area contributed by atoms with Crippen molar-refractivity contribution in [1.82, 2.24) is 39.9 Å². The van der Waals surface area contributed by atoms with E-state index in [0.29, 0.717) is 252 Å². The standard InChI is InChI=1S/C88H130N8O32.Gd/c1-97-17-25-105-33-41-113-49-57-121-69-13-9-65-73(77(69)125-61-53-117-45-37-109-29-21-101-5)85-91-81(65)89-82-67-11-15-71(123-59-51-115-43-35-107-27-19-99-3)79(127-63-55-119-47-39-111-31-23-103-7)75(67)87(93-82)96-88-76-68(12-16-72(124-60-52-116-44-36-108-28-20-100-4)80(76)128-64-56-120-48-40-112-32-24-104-8)84(94-88)90-83-66-10-14-70(122-58-50-114-42-34-106-26-18-98-2)78(74(66)86(92-83)95-85)126-62-54-118-46-38-110-30-22-102-6;/h9-16H,17-64H2,1-8H3,(H2,89,90,91,92,93,94,95,96);/q;+3. The van der Waals surface area contributed by atoms with Crippen molar-refractivity contribution in [3.8, 4) is 91.5 Å². The average Bonchev–Trinajstić information content (AvgIpc) is 1.59. The molecule has 7 aromatic rings. The van der Waals surface area contributed by atoms with Crippen LogP contribution in [0.15, 0.2) is 48.5 Å². The Hall–Kier alpha value is -7.00. The van der Waals surface area contributed by atoms with Gasteiger partial charge in [0, 0.05) is 78.8 Å². The zero-order valence-corrected chi connectivity index (χ0v) is 77.9. The molecule has 0 fully saturated rings. The first-order valence-electron chi connectivity index (χ1n) is 43.1. The minimum atomic E-state index is 0. The molecule has 5 heterocycles. The van der Waals surface area contributed by atoms with Crippen molar-refractivity contribution in [2.75, 3.05) is 374 Å². The van der Waals surface area contributed by atoms with Crippen LogP contribution in [0.4, 0.5) is 0 Å². The Morgan fingerprint density at radius 2 is 0.380 bits per heavy atom. The molecule has 0 unspecified atom stereocenters. The van der Waals surface area contributed by atoms with Crippen LogP contribution in [0.2, 0.25) is 0 Å². The molecule has 2 aliphatic heterocycles. The summed E-state index contributed by atoms with van der Waals surface area (Å²) in [5.41, 5.74) is 2.74. The van der Waals surface area contributed by atoms with Crippen LogP contribution in [0.5, 0.6) is 46.0 Å². The summed E-state index contributed by atoms with van der Waals surface area (Å²) in [4.78, 5) is 40.3. The number of aromatic nitrogens is 8. The second-order valence-corrected chi connectivity index (χ2v) is 27.4. The minimum absolute atomic E-state index is 0. The summed E-state index contributed by atoms with van der Waals surface area (Å²) in [6.07, 6.45) is 0. The van der Waals surface area contributed by atoms with Gasteiger partial charge in [-0.25, -0.2) is 29.9 Å². The summed E-state index contributed by atoms with van der Waals surface area (Å²) in [7, 11) is 12.9. The minimum Gasteiger partial charge on any atom is -0.487 e. The fourth-order valence-corrected chi connectivity index (χ4v) is 12.3. The monoisotopic (exact) mass is 1970 g/mol. The molecule has 0 saturated carbocycles. The number of hydrogen-bond acceptors (Lipinski definition) is 38. The first-order valence-corrected chi connectivity index (χ1v) is 43.1. The van der Waals surface area contributed by atoms with Crippen LogP contribution in [0.1, 0.15) is 0 Å². The van der Waals surface area contributed by atoms with Crippen LogP contribution < -0.4 is 37.9 Å². The predicted molar refractivity (Wildman–Crippen MR) is 468 cm³/mol. The number of methoxy groups -OCH3 is 8. The molecule has 41 heteroatoms. The summed E-state index contributed by atoms with van der Waals surface area (Å²) in [6, 6.07) is 14.6. The van der Waals surface area contributed by atoms with Crippen LogP contribution in [0.3, 0.4) is 0 Å². The topological polar surface area (TPSA) is 404 Å². The van der Waals surface area contributed by atoms with Gasteiger partial charge in [-0.15, -0.1) is 0 Å². The predicted octanol–water partition coefficient (Wildman–Crippen LogP) is 7.34. The van der Waals surface area contributed by atoms with Crippen molar-refractivity contribution in [2.24, 2.45) is 0 Å². The van der Waals surface area contributed by atoms with Gasteiger partial charge in [0.25, 0.3) is 0 Å². The molecular formula is C88H130GdN8O32+3. The third kappa shape index (κ3) is 37.8. The zero-order valence-electron chi connectivity index (χ0n) is 75.7. The van der Waals surface area contributed by atoms with E-state index in [-0.39, 0.29) is 241 Å². The van der Waals surface area contributed by atoms with Crippen LogP contribution in [-0.2, 0) is 114 Å². The van der Waals surface area contributed by atoms with Crippen LogP contribution in [-0.4, -0.2) is 414 Å². The van der Waals surface area contributed by atoms with Gasteiger partial charge >= 0.3 is 39.9 Å². The fraction of sp³-hybridized carbons (Fsp3) is 0.636. The van der Waals surface area contributed by atoms with Crippen molar-refractivity contribution < 1.29 is 192 Å². The Morgan fingerprint density at radius 1 is 0.186 bits per heavy atom. The molecule has 719 valence electrons. The number of ether oxygens (including phenoxy) is 32. The van der Waals surface area contributed by atoms with Gasteiger partial charge in [0.1, 0.15) is 75.4 Å². The zero-order chi connectivity index (χ0) is 89.7. The van der Waals surface area contributed by atoms with Gasteiger partial charge in [-0.3, -0.25) is 0 Å². The summed E-state index contributed by atoms with van der Waals surface area (Å²) < 4.78 is 190. The van der Waals surface area contributed by atoms with E-state index in [9.17, 15) is 0 Å². The number of nitrogens with zero attached hydrogens (tertiary/aromatic N) is 6. The molecule has 1 radical (unpaired) electrons. The number of H-pyrrole nitrogens is 2. The number of hydrogen-bond donors (Lipinski definition) is 2. The van der Waals surface area contributed by atoms with Gasteiger partial charge < -0.3 is 162 Å². The van der Waals surface area contributed by atoms with Crippen LogP contribution in [0, 0.1) is 39.9 Å². The summed E-state index contributed by atoms with van der Waals surface area (Å²) in [5, 5.41) is 1.91. The SMILES string of the molecule is COCCOCCOCCOc1ccc2c(c1OCCOCCOCCOC)-c1nc-2nc2[nH]c(nc3[nH]c(nc4nc(n1)-c1c-4ccc(OCCOCCOCCOC)c1OCCOCCOCCOC)c1ccc(OCCOCCOCCOC)c(OCCOCCOCCOC)c31)c1c(OCCOCCOCCOC)c(OCCOCCOCCOC)ccc21.[Gd+3]. The Morgan fingerprint density at radius 3 is 0.620 bits per heavy atom. The van der Waals surface area contributed by atoms with Gasteiger partial charge in [0.15, 0.2) is 69.3 Å². The number of rotatable bonds is 80. The van der Waals surface area contributed by atoms with E-state index >= 15 is 0 Å². The smallest absolute Gasteiger partial charge is 0.487 e. The Labute approximate surface area is 784 Å². The number of nitrogens with one attached hydrogen (secondary N) is 2. The van der Waals surface area contributed by atoms with Crippen LogP contribution in [0.25, 0.3) is 89.7 Å². The number of aromatic amines is 2. The van der Waals surface area contributed by atoms with E-state index in [1.807, 2.05) is 24.3 Å². The normalized spacial score (nSPS) is 11.7. The maximum atomic E-state index is 6.93. The molecule has 3 aromatic heterocycles. The van der Waals surface area contributed by atoms with Crippen molar-refractivity contribution in [3.63, 3.8) is 0 Å². The molecule has 8 bridgehead atoms. The van der Waals surface area contributed by atoms with E-state index in [1.54, 1.807) is 81.1 Å². The maximum absolute atomic E-state index is 6.93. The molecule has 0 amide bonds. The van der Waals surface area contributed by atoms with Gasteiger partial charge in [-0.1, -0.05) is 0 Å². The molecule has 2 N–H and O–H groups in total. The molecular weight excluding hydrogens is 1840 g/mol. The van der Waals surface area contributed by atoms with Gasteiger partial charge in [-0.05, 0) is 48.5 Å². The van der Waals surface area contributed by atoms with Gasteiger partial charge in [0.05, 0.1) is 286 Å². The quantitative estimate of drug-likeness (QED) is 0.0352. The van der Waals surface area contributed by atoms with Crippen molar-refractivity contribution in [3.05, 3.63) is 48.5 Å². The van der Waals surface area contributed by atoms with Crippen molar-refractivity contribution >= 4 is 44.1 Å². The van der Waals surface area contributed by atoms with Crippen LogP contribution >= 0.6 is 0 Å². The first-order chi connectivity index (χ1) is 63.4. The van der Waals surface area contributed by atoms with E-state index < -0.39 is 0 Å². The second-order valence-electron chi connectivity index (χ2n) is 27.4. The average molecular weight is 1970 g/mol. The Balaban J connectivity index is 0.0000206. The molecule has 0 atom stereocenters.